The van der Waals surface area contributed by atoms with Crippen LogP contribution in [0.4, 0.5) is 0 Å². The van der Waals surface area contributed by atoms with Crippen LogP contribution in [0.5, 0.6) is 0 Å². The molecule has 0 saturated heterocycles. The van der Waals surface area contributed by atoms with Crippen molar-refractivity contribution in [2.75, 3.05) is 0 Å². The summed E-state index contributed by atoms with van der Waals surface area (Å²) in [5.74, 6) is 0. The normalized spacial score (nSPS) is 9.18. The maximum absolute atomic E-state index is 8.68. The molecule has 1 aromatic rings. The first-order valence-electron chi connectivity index (χ1n) is 3.20. The summed E-state index contributed by atoms with van der Waals surface area (Å²) in [6.45, 7) is 3.82. The Hall–Kier alpha value is -0.841. The van der Waals surface area contributed by atoms with E-state index in [1.165, 1.54) is 0 Å². The van der Waals surface area contributed by atoms with Crippen LogP contribution in [0.2, 0.25) is 0 Å². The predicted molar refractivity (Wildman–Crippen MR) is 43.8 cm³/mol. The molecule has 0 aliphatic carbocycles. The van der Waals surface area contributed by atoms with Gasteiger partial charge in [0.15, 0.2) is 0 Å². The fourth-order valence-corrected chi connectivity index (χ4v) is 1.67. The summed E-state index contributed by atoms with van der Waals surface area (Å²) in [4.78, 5) is 4.13. The van der Waals surface area contributed by atoms with Gasteiger partial charge < -0.3 is 0 Å². The van der Waals surface area contributed by atoms with Crippen molar-refractivity contribution < 1.29 is 0 Å². The van der Waals surface area contributed by atoms with Crippen LogP contribution >= 0.6 is 0 Å². The van der Waals surface area contributed by atoms with Crippen LogP contribution in [-0.4, -0.2) is 21.0 Å². The van der Waals surface area contributed by atoms with Crippen molar-refractivity contribution in [1.82, 2.24) is 4.98 Å². The molecule has 0 bridgehead atoms. The summed E-state index contributed by atoms with van der Waals surface area (Å²) in [7, 11) is 0. The SMILES string of the molecule is Cc1cc(C)c(C#N)c([Se])n1. The van der Waals surface area contributed by atoms with Crippen LogP contribution in [0.1, 0.15) is 16.8 Å². The first-order valence-corrected chi connectivity index (χ1v) is 4.06. The Kier molecular flexibility index (Phi) is 2.28. The summed E-state index contributed by atoms with van der Waals surface area (Å²) < 4.78 is 0.699. The van der Waals surface area contributed by atoms with E-state index in [1.807, 2.05) is 19.9 Å². The molecular formula is C8H7N2Se. The summed E-state index contributed by atoms with van der Waals surface area (Å²) >= 11 is 2.77. The van der Waals surface area contributed by atoms with Crippen LogP contribution in [0.3, 0.4) is 0 Å². The van der Waals surface area contributed by atoms with E-state index >= 15 is 0 Å². The van der Waals surface area contributed by atoms with Gasteiger partial charge in [0, 0.05) is 0 Å². The molecule has 0 spiro atoms. The van der Waals surface area contributed by atoms with Crippen LogP contribution in [0.15, 0.2) is 6.07 Å². The van der Waals surface area contributed by atoms with E-state index in [0.717, 1.165) is 11.3 Å². The van der Waals surface area contributed by atoms with Crippen LogP contribution in [0.25, 0.3) is 0 Å². The van der Waals surface area contributed by atoms with Gasteiger partial charge in [0.1, 0.15) is 0 Å². The predicted octanol–water partition coefficient (Wildman–Crippen LogP) is 0.364. The van der Waals surface area contributed by atoms with Gasteiger partial charge >= 0.3 is 73.7 Å². The topological polar surface area (TPSA) is 36.7 Å². The average Bonchev–Trinajstić information content (AvgIpc) is 1.85. The van der Waals surface area contributed by atoms with E-state index in [2.05, 4.69) is 27.1 Å². The Morgan fingerprint density at radius 3 is 2.64 bits per heavy atom. The van der Waals surface area contributed by atoms with Crippen LogP contribution in [0, 0.1) is 25.2 Å². The number of pyridine rings is 1. The maximum atomic E-state index is 8.68. The van der Waals surface area contributed by atoms with Gasteiger partial charge in [-0.25, -0.2) is 0 Å². The van der Waals surface area contributed by atoms with Crippen molar-refractivity contribution in [3.05, 3.63) is 22.9 Å². The molecule has 0 unspecified atom stereocenters. The monoisotopic (exact) mass is 211 g/mol. The number of hydrogen-bond donors (Lipinski definition) is 0. The van der Waals surface area contributed by atoms with Crippen LogP contribution in [-0.2, 0) is 0 Å². The van der Waals surface area contributed by atoms with Gasteiger partial charge in [-0.15, -0.1) is 0 Å². The quantitative estimate of drug-likeness (QED) is 0.580. The molecule has 0 aromatic carbocycles. The molecule has 0 fully saturated rings. The average molecular weight is 210 g/mol. The zero-order valence-corrected chi connectivity index (χ0v) is 8.09. The Balaban J connectivity index is 3.40. The first-order chi connectivity index (χ1) is 5.15. The number of rotatable bonds is 0. The molecule has 0 N–H and O–H groups in total. The van der Waals surface area contributed by atoms with E-state index in [9.17, 15) is 0 Å². The molecule has 11 heavy (non-hydrogen) atoms. The number of nitrogens with zero attached hydrogens (tertiary/aromatic N) is 2. The Morgan fingerprint density at radius 2 is 2.18 bits per heavy atom. The van der Waals surface area contributed by atoms with Crippen molar-refractivity contribution in [2.45, 2.75) is 13.8 Å². The minimum atomic E-state index is 0.649. The molecule has 2 nitrogen and oxygen atoms in total. The van der Waals surface area contributed by atoms with E-state index < -0.39 is 0 Å². The minimum absolute atomic E-state index is 0.649. The van der Waals surface area contributed by atoms with E-state index in [0.29, 0.717) is 10.2 Å². The molecule has 1 radical (unpaired) electrons. The number of nitriles is 1. The molecule has 55 valence electrons. The van der Waals surface area contributed by atoms with Crippen molar-refractivity contribution in [3.63, 3.8) is 0 Å². The third kappa shape index (κ3) is 1.59. The van der Waals surface area contributed by atoms with Gasteiger partial charge in [-0.2, -0.15) is 0 Å². The van der Waals surface area contributed by atoms with Crippen LogP contribution < -0.4 is 4.59 Å². The zero-order chi connectivity index (χ0) is 8.43. The van der Waals surface area contributed by atoms with Gasteiger partial charge in [0.25, 0.3) is 0 Å². The second kappa shape index (κ2) is 3.04. The third-order valence-corrected chi connectivity index (χ3v) is 2.04. The second-order valence-electron chi connectivity index (χ2n) is 2.37. The molecule has 1 rings (SSSR count). The van der Waals surface area contributed by atoms with Gasteiger partial charge in [0.2, 0.25) is 0 Å². The molecule has 1 heterocycles. The fraction of sp³-hybridized carbons (Fsp3) is 0.250. The molecule has 0 aliphatic rings. The Labute approximate surface area is 74.1 Å². The molecular weight excluding hydrogens is 203 g/mol. The molecule has 0 amide bonds. The molecule has 3 heteroatoms. The van der Waals surface area contributed by atoms with Crippen molar-refractivity contribution in [2.24, 2.45) is 0 Å². The van der Waals surface area contributed by atoms with Crippen molar-refractivity contribution >= 4 is 20.6 Å². The van der Waals surface area contributed by atoms with E-state index in [-0.39, 0.29) is 0 Å². The molecule has 0 aliphatic heterocycles. The first kappa shape index (κ1) is 8.26. The summed E-state index contributed by atoms with van der Waals surface area (Å²) in [6, 6.07) is 4.00. The summed E-state index contributed by atoms with van der Waals surface area (Å²) in [5.41, 5.74) is 2.57. The summed E-state index contributed by atoms with van der Waals surface area (Å²) in [5, 5.41) is 8.68. The van der Waals surface area contributed by atoms with E-state index in [4.69, 9.17) is 5.26 Å². The number of aromatic nitrogens is 1. The molecule has 0 atom stereocenters. The third-order valence-electron chi connectivity index (χ3n) is 1.42. The Morgan fingerprint density at radius 1 is 1.55 bits per heavy atom. The zero-order valence-electron chi connectivity index (χ0n) is 6.38. The number of hydrogen-bond acceptors (Lipinski definition) is 2. The fourth-order valence-electron chi connectivity index (χ4n) is 0.939. The molecule has 0 saturated carbocycles. The summed E-state index contributed by atoms with van der Waals surface area (Å²) in [6.07, 6.45) is 0. The van der Waals surface area contributed by atoms with Gasteiger partial charge in [0.05, 0.1) is 0 Å². The van der Waals surface area contributed by atoms with Crippen molar-refractivity contribution in [1.29, 1.82) is 5.26 Å². The van der Waals surface area contributed by atoms with Gasteiger partial charge in [-0.05, 0) is 0 Å². The van der Waals surface area contributed by atoms with Gasteiger partial charge in [-0.3, -0.25) is 0 Å². The van der Waals surface area contributed by atoms with Gasteiger partial charge in [-0.1, -0.05) is 0 Å². The second-order valence-corrected chi connectivity index (χ2v) is 3.18. The number of aryl methyl sites for hydroxylation is 2. The Bertz CT molecular complexity index is 302. The molecule has 1 aromatic heterocycles. The van der Waals surface area contributed by atoms with E-state index in [1.54, 1.807) is 0 Å². The van der Waals surface area contributed by atoms with Crippen molar-refractivity contribution in [3.8, 4) is 6.07 Å². The standard InChI is InChI=1S/C8H7N2Se/c1-5-3-6(2)10-8(11)7(5)4-9/h3H,1-2H3.